The lowest BCUT2D eigenvalue weighted by Gasteiger charge is -2.40. The van der Waals surface area contributed by atoms with Crippen LogP contribution in [0.3, 0.4) is 0 Å². The van der Waals surface area contributed by atoms with Crippen LogP contribution >= 0.6 is 0 Å². The molecule has 0 unspecified atom stereocenters. The molecule has 0 saturated heterocycles. The van der Waals surface area contributed by atoms with Crippen LogP contribution < -0.4 is 15.4 Å². The molecule has 5 heteroatoms. The van der Waals surface area contributed by atoms with Crippen molar-refractivity contribution in [1.82, 2.24) is 5.32 Å². The van der Waals surface area contributed by atoms with Gasteiger partial charge >= 0.3 is 6.03 Å². The molecule has 0 atom stereocenters. The summed E-state index contributed by atoms with van der Waals surface area (Å²) in [6.45, 7) is -0.0215. The highest BCUT2D eigenvalue weighted by Crippen LogP contribution is 2.31. The fourth-order valence-electron chi connectivity index (χ4n) is 2.07. The third-order valence-corrected chi connectivity index (χ3v) is 3.35. The summed E-state index contributed by atoms with van der Waals surface area (Å²) < 4.78 is 5.15. The summed E-state index contributed by atoms with van der Waals surface area (Å²) in [6.07, 6.45) is 2.68. The van der Waals surface area contributed by atoms with Crippen molar-refractivity contribution in [1.29, 1.82) is 0 Å². The number of carbonyl (C=O) groups excluding carboxylic acids is 1. The lowest BCUT2D eigenvalue weighted by molar-refractivity contribution is 0.0983. The van der Waals surface area contributed by atoms with E-state index in [-0.39, 0.29) is 12.6 Å². The first-order valence-electron chi connectivity index (χ1n) is 6.02. The van der Waals surface area contributed by atoms with Gasteiger partial charge in [-0.05, 0) is 31.4 Å². The van der Waals surface area contributed by atoms with Gasteiger partial charge in [0.05, 0.1) is 24.9 Å². The van der Waals surface area contributed by atoms with E-state index in [0.717, 1.165) is 19.3 Å². The zero-order valence-corrected chi connectivity index (χ0v) is 10.4. The molecule has 1 saturated carbocycles. The van der Waals surface area contributed by atoms with Crippen LogP contribution in [0.5, 0.6) is 5.75 Å². The van der Waals surface area contributed by atoms with Gasteiger partial charge in [-0.3, -0.25) is 0 Å². The van der Waals surface area contributed by atoms with Crippen LogP contribution in [-0.2, 0) is 0 Å². The minimum Gasteiger partial charge on any atom is -0.495 e. The molecule has 1 aromatic rings. The van der Waals surface area contributed by atoms with Crippen LogP contribution in [0, 0.1) is 0 Å². The number of hydrogen-bond acceptors (Lipinski definition) is 3. The first-order chi connectivity index (χ1) is 8.69. The Morgan fingerprint density at radius 3 is 2.72 bits per heavy atom. The van der Waals surface area contributed by atoms with Crippen LogP contribution in [0.1, 0.15) is 19.3 Å². The monoisotopic (exact) mass is 250 g/mol. The number of ether oxygens (including phenoxy) is 1. The van der Waals surface area contributed by atoms with Crippen LogP contribution in [0.4, 0.5) is 10.5 Å². The number of para-hydroxylation sites is 2. The third-order valence-electron chi connectivity index (χ3n) is 3.35. The lowest BCUT2D eigenvalue weighted by atomic mass is 9.77. The van der Waals surface area contributed by atoms with E-state index in [0.29, 0.717) is 11.4 Å². The minimum absolute atomic E-state index is 0.0215. The first-order valence-corrected chi connectivity index (χ1v) is 6.02. The van der Waals surface area contributed by atoms with Gasteiger partial charge in [0.25, 0.3) is 0 Å². The van der Waals surface area contributed by atoms with Crippen LogP contribution in [0.25, 0.3) is 0 Å². The van der Waals surface area contributed by atoms with Gasteiger partial charge in [-0.15, -0.1) is 0 Å². The van der Waals surface area contributed by atoms with Gasteiger partial charge in [0.1, 0.15) is 5.75 Å². The van der Waals surface area contributed by atoms with Gasteiger partial charge in [0.15, 0.2) is 0 Å². The number of carbonyl (C=O) groups is 1. The summed E-state index contributed by atoms with van der Waals surface area (Å²) >= 11 is 0. The molecule has 3 N–H and O–H groups in total. The van der Waals surface area contributed by atoms with Crippen molar-refractivity contribution in [2.24, 2.45) is 0 Å². The summed E-state index contributed by atoms with van der Waals surface area (Å²) in [4.78, 5) is 11.9. The Kier molecular flexibility index (Phi) is 3.72. The van der Waals surface area contributed by atoms with Crippen LogP contribution in [0.2, 0.25) is 0 Å². The smallest absolute Gasteiger partial charge is 0.319 e. The Hall–Kier alpha value is -1.75. The molecule has 1 aromatic carbocycles. The highest BCUT2D eigenvalue weighted by atomic mass is 16.5. The maximum atomic E-state index is 11.9. The summed E-state index contributed by atoms with van der Waals surface area (Å²) in [5.74, 6) is 0.610. The van der Waals surface area contributed by atoms with Gasteiger partial charge in [-0.25, -0.2) is 4.79 Å². The number of anilines is 1. The van der Waals surface area contributed by atoms with Crippen LogP contribution in [-0.4, -0.2) is 30.4 Å². The number of hydrogen-bond donors (Lipinski definition) is 3. The number of rotatable bonds is 4. The topological polar surface area (TPSA) is 70.6 Å². The first kappa shape index (κ1) is 12.7. The van der Waals surface area contributed by atoms with E-state index in [2.05, 4.69) is 10.6 Å². The molecule has 0 heterocycles. The fraction of sp³-hybridized carbons (Fsp3) is 0.462. The van der Waals surface area contributed by atoms with E-state index in [1.165, 1.54) is 0 Å². The zero-order valence-electron chi connectivity index (χ0n) is 10.4. The third kappa shape index (κ3) is 2.56. The second kappa shape index (κ2) is 5.27. The molecule has 18 heavy (non-hydrogen) atoms. The van der Waals surface area contributed by atoms with Gasteiger partial charge in [-0.2, -0.15) is 0 Å². The fourth-order valence-corrected chi connectivity index (χ4v) is 2.07. The molecule has 0 radical (unpaired) electrons. The number of aliphatic hydroxyl groups is 1. The predicted octanol–water partition coefficient (Wildman–Crippen LogP) is 1.73. The Morgan fingerprint density at radius 2 is 2.17 bits per heavy atom. The summed E-state index contributed by atoms with van der Waals surface area (Å²) in [5, 5.41) is 14.8. The van der Waals surface area contributed by atoms with E-state index in [4.69, 9.17) is 4.74 Å². The Morgan fingerprint density at radius 1 is 1.44 bits per heavy atom. The van der Waals surface area contributed by atoms with E-state index in [1.54, 1.807) is 19.2 Å². The van der Waals surface area contributed by atoms with E-state index in [1.807, 2.05) is 12.1 Å². The normalized spacial score (nSPS) is 16.6. The summed E-state index contributed by atoms with van der Waals surface area (Å²) in [5.41, 5.74) is 0.177. The average Bonchev–Trinajstić information content (AvgIpc) is 2.34. The molecule has 1 aliphatic rings. The van der Waals surface area contributed by atoms with E-state index >= 15 is 0 Å². The molecule has 1 fully saturated rings. The van der Waals surface area contributed by atoms with Crippen molar-refractivity contribution in [2.45, 2.75) is 24.8 Å². The van der Waals surface area contributed by atoms with E-state index in [9.17, 15) is 9.90 Å². The molecular weight excluding hydrogens is 232 g/mol. The Labute approximate surface area is 106 Å². The maximum Gasteiger partial charge on any atom is 0.319 e. The van der Waals surface area contributed by atoms with Crippen molar-refractivity contribution in [3.8, 4) is 5.75 Å². The molecule has 1 aliphatic carbocycles. The Balaban J connectivity index is 1.98. The maximum absolute atomic E-state index is 11.9. The number of methoxy groups -OCH3 is 1. The lowest BCUT2D eigenvalue weighted by Crippen LogP contribution is -2.57. The molecule has 5 nitrogen and oxygen atoms in total. The molecule has 0 aromatic heterocycles. The van der Waals surface area contributed by atoms with Crippen molar-refractivity contribution in [2.75, 3.05) is 19.0 Å². The number of benzene rings is 1. The molecule has 0 spiro atoms. The SMILES string of the molecule is COc1ccccc1NC(=O)NC1(CO)CCC1. The second-order valence-electron chi connectivity index (χ2n) is 4.57. The molecule has 2 amide bonds. The van der Waals surface area contributed by atoms with Gasteiger partial charge in [0, 0.05) is 0 Å². The predicted molar refractivity (Wildman–Crippen MR) is 68.8 cm³/mol. The molecule has 98 valence electrons. The molecule has 0 aliphatic heterocycles. The quantitative estimate of drug-likeness (QED) is 0.762. The van der Waals surface area contributed by atoms with Gasteiger partial charge in [-0.1, -0.05) is 12.1 Å². The Bertz CT molecular complexity index is 424. The van der Waals surface area contributed by atoms with Gasteiger partial charge < -0.3 is 20.5 Å². The second-order valence-corrected chi connectivity index (χ2v) is 4.57. The zero-order chi connectivity index (χ0) is 13.0. The molecular formula is C13H18N2O3. The average molecular weight is 250 g/mol. The number of urea groups is 1. The standard InChI is InChI=1S/C13H18N2O3/c1-18-11-6-3-2-5-10(11)14-12(17)15-13(9-16)7-4-8-13/h2-3,5-6,16H,4,7-9H2,1H3,(H2,14,15,17). The number of amides is 2. The largest absolute Gasteiger partial charge is 0.495 e. The van der Waals surface area contributed by atoms with E-state index < -0.39 is 5.54 Å². The highest BCUT2D eigenvalue weighted by molar-refractivity contribution is 5.91. The van der Waals surface area contributed by atoms with Crippen molar-refractivity contribution in [3.05, 3.63) is 24.3 Å². The molecule has 2 rings (SSSR count). The van der Waals surface area contributed by atoms with Gasteiger partial charge in [0.2, 0.25) is 0 Å². The van der Waals surface area contributed by atoms with Crippen molar-refractivity contribution >= 4 is 11.7 Å². The van der Waals surface area contributed by atoms with Crippen molar-refractivity contribution < 1.29 is 14.6 Å². The van der Waals surface area contributed by atoms with Crippen LogP contribution in [0.15, 0.2) is 24.3 Å². The summed E-state index contributed by atoms with van der Waals surface area (Å²) in [7, 11) is 1.56. The highest BCUT2D eigenvalue weighted by Gasteiger charge is 2.37. The minimum atomic E-state index is -0.438. The number of aliphatic hydroxyl groups excluding tert-OH is 1. The number of nitrogens with one attached hydrogen (secondary N) is 2. The summed E-state index contributed by atoms with van der Waals surface area (Å²) in [6, 6.07) is 6.89. The van der Waals surface area contributed by atoms with Crippen molar-refractivity contribution in [3.63, 3.8) is 0 Å². The molecule has 0 bridgehead atoms.